The standard InChI is InChI=1S/C13H24O2/c1-13(2)11(14)8-12(13)15-9-10-6-4-3-5-7-10/h10-12,14H,3-9H2,1-2H3. The van der Waals surface area contributed by atoms with Crippen molar-refractivity contribution in [3.63, 3.8) is 0 Å². The Morgan fingerprint density at radius 2 is 1.87 bits per heavy atom. The van der Waals surface area contributed by atoms with E-state index in [0.29, 0.717) is 0 Å². The first kappa shape index (κ1) is 11.4. The van der Waals surface area contributed by atoms with Gasteiger partial charge in [0.2, 0.25) is 0 Å². The molecule has 0 aromatic heterocycles. The second-order valence-corrected chi connectivity index (χ2v) is 5.90. The lowest BCUT2D eigenvalue weighted by Crippen LogP contribution is -2.54. The summed E-state index contributed by atoms with van der Waals surface area (Å²) in [5.74, 6) is 0.785. The third kappa shape index (κ3) is 2.36. The van der Waals surface area contributed by atoms with Crippen molar-refractivity contribution in [2.45, 2.75) is 64.6 Å². The summed E-state index contributed by atoms with van der Waals surface area (Å²) in [7, 11) is 0. The van der Waals surface area contributed by atoms with E-state index in [2.05, 4.69) is 13.8 Å². The first-order valence-electron chi connectivity index (χ1n) is 6.40. The highest BCUT2D eigenvalue weighted by Gasteiger charge is 2.48. The molecule has 0 aliphatic heterocycles. The topological polar surface area (TPSA) is 29.5 Å². The van der Waals surface area contributed by atoms with Crippen molar-refractivity contribution in [2.75, 3.05) is 6.61 Å². The van der Waals surface area contributed by atoms with Crippen LogP contribution in [0.3, 0.4) is 0 Å². The van der Waals surface area contributed by atoms with Gasteiger partial charge in [-0.15, -0.1) is 0 Å². The number of aliphatic hydroxyl groups is 1. The molecule has 2 unspecified atom stereocenters. The minimum Gasteiger partial charge on any atom is -0.392 e. The number of ether oxygens (including phenoxy) is 1. The Morgan fingerprint density at radius 1 is 1.20 bits per heavy atom. The molecule has 15 heavy (non-hydrogen) atoms. The lowest BCUT2D eigenvalue weighted by molar-refractivity contribution is -0.180. The Hall–Kier alpha value is -0.0800. The summed E-state index contributed by atoms with van der Waals surface area (Å²) in [5, 5.41) is 9.60. The molecular formula is C13H24O2. The Bertz CT molecular complexity index is 207. The number of hydrogen-bond donors (Lipinski definition) is 1. The monoisotopic (exact) mass is 212 g/mol. The zero-order valence-corrected chi connectivity index (χ0v) is 10.0. The van der Waals surface area contributed by atoms with E-state index in [1.54, 1.807) is 0 Å². The van der Waals surface area contributed by atoms with Gasteiger partial charge in [-0.3, -0.25) is 0 Å². The fraction of sp³-hybridized carbons (Fsp3) is 1.00. The summed E-state index contributed by atoms with van der Waals surface area (Å²) < 4.78 is 5.94. The molecule has 0 bridgehead atoms. The van der Waals surface area contributed by atoms with Crippen molar-refractivity contribution in [3.8, 4) is 0 Å². The van der Waals surface area contributed by atoms with Gasteiger partial charge in [0.05, 0.1) is 12.2 Å². The van der Waals surface area contributed by atoms with Crippen molar-refractivity contribution in [1.82, 2.24) is 0 Å². The van der Waals surface area contributed by atoms with Crippen LogP contribution in [0, 0.1) is 11.3 Å². The fourth-order valence-electron chi connectivity index (χ4n) is 2.75. The average Bonchev–Trinajstić information content (AvgIpc) is 2.25. The molecule has 0 aromatic rings. The number of rotatable bonds is 3. The molecular weight excluding hydrogens is 188 g/mol. The van der Waals surface area contributed by atoms with Gasteiger partial charge in [-0.25, -0.2) is 0 Å². The van der Waals surface area contributed by atoms with Gasteiger partial charge in [0, 0.05) is 18.4 Å². The Kier molecular flexibility index (Phi) is 3.36. The lowest BCUT2D eigenvalue weighted by Gasteiger charge is -2.49. The molecule has 2 aliphatic rings. The van der Waals surface area contributed by atoms with E-state index in [4.69, 9.17) is 4.74 Å². The molecule has 0 spiro atoms. The van der Waals surface area contributed by atoms with Gasteiger partial charge in [0.1, 0.15) is 0 Å². The maximum absolute atomic E-state index is 9.60. The van der Waals surface area contributed by atoms with Crippen LogP contribution in [0.1, 0.15) is 52.4 Å². The first-order valence-corrected chi connectivity index (χ1v) is 6.40. The fourth-order valence-corrected chi connectivity index (χ4v) is 2.75. The summed E-state index contributed by atoms with van der Waals surface area (Å²) in [6, 6.07) is 0. The predicted octanol–water partition coefficient (Wildman–Crippen LogP) is 2.74. The molecule has 0 amide bonds. The van der Waals surface area contributed by atoms with Crippen LogP contribution in [-0.2, 0) is 4.74 Å². The van der Waals surface area contributed by atoms with Crippen LogP contribution in [0.5, 0.6) is 0 Å². The second kappa shape index (κ2) is 4.42. The zero-order valence-electron chi connectivity index (χ0n) is 10.0. The van der Waals surface area contributed by atoms with Crippen LogP contribution in [0.2, 0.25) is 0 Å². The smallest absolute Gasteiger partial charge is 0.0675 e. The maximum Gasteiger partial charge on any atom is 0.0675 e. The predicted molar refractivity (Wildman–Crippen MR) is 60.7 cm³/mol. The van der Waals surface area contributed by atoms with Gasteiger partial charge >= 0.3 is 0 Å². The molecule has 2 aliphatic carbocycles. The minimum atomic E-state index is -0.158. The maximum atomic E-state index is 9.60. The van der Waals surface area contributed by atoms with Crippen LogP contribution < -0.4 is 0 Å². The van der Waals surface area contributed by atoms with Gasteiger partial charge in [0.25, 0.3) is 0 Å². The normalized spacial score (nSPS) is 36.2. The largest absolute Gasteiger partial charge is 0.392 e. The van der Waals surface area contributed by atoms with Crippen LogP contribution in [-0.4, -0.2) is 23.9 Å². The zero-order chi connectivity index (χ0) is 10.9. The quantitative estimate of drug-likeness (QED) is 0.779. The molecule has 2 nitrogen and oxygen atoms in total. The van der Waals surface area contributed by atoms with Crippen molar-refractivity contribution < 1.29 is 9.84 Å². The van der Waals surface area contributed by atoms with Gasteiger partial charge in [-0.1, -0.05) is 33.1 Å². The highest BCUT2D eigenvalue weighted by Crippen LogP contribution is 2.43. The summed E-state index contributed by atoms with van der Waals surface area (Å²) >= 11 is 0. The van der Waals surface area contributed by atoms with Gasteiger partial charge in [-0.2, -0.15) is 0 Å². The van der Waals surface area contributed by atoms with E-state index in [0.717, 1.165) is 18.9 Å². The third-order valence-corrected chi connectivity index (χ3v) is 4.38. The van der Waals surface area contributed by atoms with E-state index in [-0.39, 0.29) is 17.6 Å². The number of hydrogen-bond acceptors (Lipinski definition) is 2. The molecule has 0 heterocycles. The molecule has 0 aromatic carbocycles. The van der Waals surface area contributed by atoms with Gasteiger partial charge in [0.15, 0.2) is 0 Å². The van der Waals surface area contributed by atoms with E-state index in [1.807, 2.05) is 0 Å². The van der Waals surface area contributed by atoms with Crippen LogP contribution in [0.4, 0.5) is 0 Å². The molecule has 88 valence electrons. The second-order valence-electron chi connectivity index (χ2n) is 5.90. The van der Waals surface area contributed by atoms with Crippen molar-refractivity contribution in [1.29, 1.82) is 0 Å². The highest BCUT2D eigenvalue weighted by atomic mass is 16.5. The summed E-state index contributed by atoms with van der Waals surface area (Å²) in [6.45, 7) is 5.13. The Morgan fingerprint density at radius 3 is 2.40 bits per heavy atom. The summed E-state index contributed by atoms with van der Waals surface area (Å²) in [5.41, 5.74) is -0.0192. The van der Waals surface area contributed by atoms with E-state index in [1.165, 1.54) is 32.1 Å². The van der Waals surface area contributed by atoms with Crippen molar-refractivity contribution in [3.05, 3.63) is 0 Å². The van der Waals surface area contributed by atoms with E-state index < -0.39 is 0 Å². The summed E-state index contributed by atoms with van der Waals surface area (Å²) in [4.78, 5) is 0. The third-order valence-electron chi connectivity index (χ3n) is 4.38. The van der Waals surface area contributed by atoms with Crippen LogP contribution in [0.15, 0.2) is 0 Å². The SMILES string of the molecule is CC1(C)C(O)CC1OCC1CCCCC1. The molecule has 2 rings (SSSR count). The Labute approximate surface area is 93.0 Å². The van der Waals surface area contributed by atoms with Crippen molar-refractivity contribution >= 4 is 0 Å². The summed E-state index contributed by atoms with van der Waals surface area (Å²) in [6.07, 6.45) is 7.81. The lowest BCUT2D eigenvalue weighted by atomic mass is 9.66. The van der Waals surface area contributed by atoms with E-state index in [9.17, 15) is 5.11 Å². The van der Waals surface area contributed by atoms with Crippen LogP contribution in [0.25, 0.3) is 0 Å². The molecule has 2 atom stereocenters. The molecule has 2 fully saturated rings. The minimum absolute atomic E-state index is 0.0192. The highest BCUT2D eigenvalue weighted by molar-refractivity contribution is 4.98. The van der Waals surface area contributed by atoms with E-state index >= 15 is 0 Å². The van der Waals surface area contributed by atoms with Crippen molar-refractivity contribution in [2.24, 2.45) is 11.3 Å². The van der Waals surface area contributed by atoms with Crippen LogP contribution >= 0.6 is 0 Å². The molecule has 2 heteroatoms. The van der Waals surface area contributed by atoms with Gasteiger partial charge < -0.3 is 9.84 Å². The molecule has 1 N–H and O–H groups in total. The first-order chi connectivity index (χ1) is 7.10. The molecule has 0 saturated heterocycles. The number of aliphatic hydroxyl groups excluding tert-OH is 1. The molecule has 0 radical (unpaired) electrons. The van der Waals surface area contributed by atoms with Gasteiger partial charge in [-0.05, 0) is 18.8 Å². The Balaban J connectivity index is 1.70. The molecule has 2 saturated carbocycles. The average molecular weight is 212 g/mol.